The number of carboxylic acids is 1. The molecule has 5 heteroatoms. The van der Waals surface area contributed by atoms with Gasteiger partial charge in [0.05, 0.1) is 11.8 Å². The highest BCUT2D eigenvalue weighted by molar-refractivity contribution is 5.95. The lowest BCUT2D eigenvalue weighted by Crippen LogP contribution is -2.30. The van der Waals surface area contributed by atoms with Gasteiger partial charge in [-0.15, -0.1) is 0 Å². The Labute approximate surface area is 110 Å². The van der Waals surface area contributed by atoms with Crippen molar-refractivity contribution >= 4 is 17.6 Å². The minimum Gasteiger partial charge on any atom is -0.481 e. The molecule has 2 rings (SSSR count). The number of hydrogen-bond acceptors (Lipinski definition) is 2. The summed E-state index contributed by atoms with van der Waals surface area (Å²) >= 11 is 0. The normalized spacial score (nSPS) is 22.2. The van der Waals surface area contributed by atoms with Crippen LogP contribution in [0.3, 0.4) is 0 Å². The summed E-state index contributed by atoms with van der Waals surface area (Å²) in [5.74, 6) is -2.66. The number of aryl methyl sites for hydroxylation is 1. The van der Waals surface area contributed by atoms with Crippen LogP contribution in [0.4, 0.5) is 10.1 Å². The number of rotatable bonds is 3. The number of carboxylic acid groups (broad SMARTS) is 1. The smallest absolute Gasteiger partial charge is 0.307 e. The largest absolute Gasteiger partial charge is 0.481 e. The van der Waals surface area contributed by atoms with Crippen LogP contribution in [0, 0.1) is 24.6 Å². The minimum atomic E-state index is -0.923. The Morgan fingerprint density at radius 2 is 2.00 bits per heavy atom. The van der Waals surface area contributed by atoms with Crippen molar-refractivity contribution in [3.05, 3.63) is 29.6 Å². The third kappa shape index (κ3) is 2.92. The number of anilines is 1. The Morgan fingerprint density at radius 1 is 1.32 bits per heavy atom. The van der Waals surface area contributed by atoms with Crippen molar-refractivity contribution < 1.29 is 19.1 Å². The van der Waals surface area contributed by atoms with Crippen molar-refractivity contribution in [1.82, 2.24) is 0 Å². The monoisotopic (exact) mass is 265 g/mol. The van der Waals surface area contributed by atoms with Gasteiger partial charge in [-0.2, -0.15) is 0 Å². The molecule has 2 atom stereocenters. The number of benzene rings is 1. The Kier molecular flexibility index (Phi) is 3.83. The van der Waals surface area contributed by atoms with Crippen LogP contribution >= 0.6 is 0 Å². The molecule has 19 heavy (non-hydrogen) atoms. The number of nitrogens with one attached hydrogen (secondary N) is 1. The van der Waals surface area contributed by atoms with E-state index in [2.05, 4.69) is 5.32 Å². The summed E-state index contributed by atoms with van der Waals surface area (Å²) < 4.78 is 13.1. The van der Waals surface area contributed by atoms with Gasteiger partial charge in [0.1, 0.15) is 5.82 Å². The highest BCUT2D eigenvalue weighted by atomic mass is 19.1. The van der Waals surface area contributed by atoms with E-state index in [1.54, 1.807) is 6.92 Å². The first-order valence-corrected chi connectivity index (χ1v) is 6.29. The molecule has 0 aromatic heterocycles. The molecule has 1 fully saturated rings. The Morgan fingerprint density at radius 3 is 2.63 bits per heavy atom. The lowest BCUT2D eigenvalue weighted by atomic mass is 9.95. The van der Waals surface area contributed by atoms with Crippen LogP contribution in [0.15, 0.2) is 18.2 Å². The maximum atomic E-state index is 13.1. The summed E-state index contributed by atoms with van der Waals surface area (Å²) in [6.07, 6.45) is 1.87. The molecule has 0 aliphatic heterocycles. The number of halogens is 1. The summed E-state index contributed by atoms with van der Waals surface area (Å²) in [4.78, 5) is 23.1. The summed E-state index contributed by atoms with van der Waals surface area (Å²) in [6, 6.07) is 4.30. The second-order valence-electron chi connectivity index (χ2n) is 4.94. The lowest BCUT2D eigenvalue weighted by molar-refractivity contribution is -0.145. The van der Waals surface area contributed by atoms with E-state index < -0.39 is 17.8 Å². The number of hydrogen-bond donors (Lipinski definition) is 2. The zero-order chi connectivity index (χ0) is 14.0. The second-order valence-corrected chi connectivity index (χ2v) is 4.94. The molecule has 0 bridgehead atoms. The first-order valence-electron chi connectivity index (χ1n) is 6.29. The van der Waals surface area contributed by atoms with Gasteiger partial charge in [-0.25, -0.2) is 4.39 Å². The van der Waals surface area contributed by atoms with Gasteiger partial charge in [-0.3, -0.25) is 9.59 Å². The Bertz CT molecular complexity index is 515. The van der Waals surface area contributed by atoms with Crippen LogP contribution < -0.4 is 5.32 Å². The first-order chi connectivity index (χ1) is 8.99. The molecular formula is C14H16FNO3. The molecular weight excluding hydrogens is 249 g/mol. The third-order valence-corrected chi connectivity index (χ3v) is 3.60. The Hall–Kier alpha value is -1.91. The van der Waals surface area contributed by atoms with Crippen LogP contribution in [0.1, 0.15) is 24.8 Å². The van der Waals surface area contributed by atoms with Gasteiger partial charge in [0.15, 0.2) is 0 Å². The number of aliphatic carboxylic acids is 1. The van der Waals surface area contributed by atoms with Crippen LogP contribution in [0.5, 0.6) is 0 Å². The van der Waals surface area contributed by atoms with E-state index in [0.717, 1.165) is 6.42 Å². The van der Waals surface area contributed by atoms with Gasteiger partial charge in [0, 0.05) is 5.69 Å². The van der Waals surface area contributed by atoms with Crippen molar-refractivity contribution in [2.45, 2.75) is 26.2 Å². The number of carbonyl (C=O) groups is 2. The predicted molar refractivity (Wildman–Crippen MR) is 68.2 cm³/mol. The van der Waals surface area contributed by atoms with Crippen molar-refractivity contribution in [3.8, 4) is 0 Å². The maximum Gasteiger partial charge on any atom is 0.307 e. The van der Waals surface area contributed by atoms with Gasteiger partial charge >= 0.3 is 5.97 Å². The average molecular weight is 265 g/mol. The molecule has 2 unspecified atom stereocenters. The summed E-state index contributed by atoms with van der Waals surface area (Å²) in [5, 5.41) is 11.7. The van der Waals surface area contributed by atoms with Crippen LogP contribution in [0.25, 0.3) is 0 Å². The summed E-state index contributed by atoms with van der Waals surface area (Å²) in [5.41, 5.74) is 0.943. The molecule has 0 saturated heterocycles. The minimum absolute atomic E-state index is 0.295. The average Bonchev–Trinajstić information content (AvgIpc) is 2.83. The standard InChI is InChI=1S/C14H16FNO3/c1-8-7-9(5-6-12(8)15)16-13(17)10-3-2-4-11(10)14(18)19/h5-7,10-11H,2-4H2,1H3,(H,16,17)(H,18,19). The molecule has 0 spiro atoms. The number of carbonyl (C=O) groups excluding carboxylic acids is 1. The number of amides is 1. The Balaban J connectivity index is 2.08. The molecule has 1 saturated carbocycles. The molecule has 2 N–H and O–H groups in total. The van der Waals surface area contributed by atoms with Gasteiger partial charge in [-0.1, -0.05) is 6.42 Å². The molecule has 1 aliphatic carbocycles. The summed E-state index contributed by atoms with van der Waals surface area (Å²) in [7, 11) is 0. The molecule has 102 valence electrons. The van der Waals surface area contributed by atoms with Crippen molar-refractivity contribution in [1.29, 1.82) is 0 Å². The molecule has 1 amide bonds. The highest BCUT2D eigenvalue weighted by Gasteiger charge is 2.37. The predicted octanol–water partition coefficient (Wildman–Crippen LogP) is 2.57. The van der Waals surface area contributed by atoms with Crippen molar-refractivity contribution in [3.63, 3.8) is 0 Å². The van der Waals surface area contributed by atoms with Gasteiger partial charge in [0.2, 0.25) is 5.91 Å². The fraction of sp³-hybridized carbons (Fsp3) is 0.429. The van der Waals surface area contributed by atoms with Crippen molar-refractivity contribution in [2.24, 2.45) is 11.8 Å². The lowest BCUT2D eigenvalue weighted by Gasteiger charge is -2.15. The molecule has 0 radical (unpaired) electrons. The quantitative estimate of drug-likeness (QED) is 0.882. The van der Waals surface area contributed by atoms with Gasteiger partial charge < -0.3 is 10.4 Å². The molecule has 1 aliphatic rings. The van der Waals surface area contributed by atoms with Crippen LogP contribution in [-0.2, 0) is 9.59 Å². The fourth-order valence-electron chi connectivity index (χ4n) is 2.53. The molecule has 1 aromatic rings. The SMILES string of the molecule is Cc1cc(NC(=O)C2CCCC2C(=O)O)ccc1F. The molecule has 1 aromatic carbocycles. The van der Waals surface area contributed by atoms with E-state index in [1.165, 1.54) is 18.2 Å². The fourth-order valence-corrected chi connectivity index (χ4v) is 2.53. The van der Waals surface area contributed by atoms with Gasteiger partial charge in [-0.05, 0) is 43.5 Å². The van der Waals surface area contributed by atoms with Crippen LogP contribution in [-0.4, -0.2) is 17.0 Å². The topological polar surface area (TPSA) is 66.4 Å². The first kappa shape index (κ1) is 13.5. The maximum absolute atomic E-state index is 13.1. The summed E-state index contributed by atoms with van der Waals surface area (Å²) in [6.45, 7) is 1.61. The molecule has 0 heterocycles. The van der Waals surface area contributed by atoms with Crippen LogP contribution in [0.2, 0.25) is 0 Å². The zero-order valence-corrected chi connectivity index (χ0v) is 10.6. The zero-order valence-electron chi connectivity index (χ0n) is 10.6. The van der Waals surface area contributed by atoms with E-state index >= 15 is 0 Å². The van der Waals surface area contributed by atoms with E-state index in [4.69, 9.17) is 5.11 Å². The van der Waals surface area contributed by atoms with E-state index in [0.29, 0.717) is 24.1 Å². The molecule has 4 nitrogen and oxygen atoms in total. The third-order valence-electron chi connectivity index (χ3n) is 3.60. The van der Waals surface area contributed by atoms with E-state index in [1.807, 2.05) is 0 Å². The highest BCUT2D eigenvalue weighted by Crippen LogP contribution is 2.32. The van der Waals surface area contributed by atoms with E-state index in [9.17, 15) is 14.0 Å². The van der Waals surface area contributed by atoms with E-state index in [-0.39, 0.29) is 11.7 Å². The second kappa shape index (κ2) is 5.38. The van der Waals surface area contributed by atoms with Crippen molar-refractivity contribution in [2.75, 3.05) is 5.32 Å². The van der Waals surface area contributed by atoms with Gasteiger partial charge in [0.25, 0.3) is 0 Å².